The highest BCUT2D eigenvalue weighted by Crippen LogP contribution is 2.23. The molecule has 1 fully saturated rings. The predicted molar refractivity (Wildman–Crippen MR) is 91.5 cm³/mol. The highest BCUT2D eigenvalue weighted by molar-refractivity contribution is 6.31. The lowest BCUT2D eigenvalue weighted by Gasteiger charge is -2.37. The summed E-state index contributed by atoms with van der Waals surface area (Å²) in [4.78, 5) is 25.3. The first-order valence-corrected chi connectivity index (χ1v) is 8.31. The Balaban J connectivity index is 1.65. The summed E-state index contributed by atoms with van der Waals surface area (Å²) in [7, 11) is 0. The molecule has 2 aromatic rings. The molecule has 3 rings (SSSR count). The zero-order valence-corrected chi connectivity index (χ0v) is 14.0. The summed E-state index contributed by atoms with van der Waals surface area (Å²) in [5.41, 5.74) is 4.65. The number of nitrogens with zero attached hydrogens (tertiary/aromatic N) is 2. The molecule has 128 valence electrons. The number of aromatic nitrogens is 1. The number of aliphatic hydroxyl groups is 1. The summed E-state index contributed by atoms with van der Waals surface area (Å²) in [6.45, 7) is 1.04. The van der Waals surface area contributed by atoms with Gasteiger partial charge in [0.2, 0.25) is 5.91 Å². The number of rotatable bonds is 4. The minimum absolute atomic E-state index is 0.0246. The van der Waals surface area contributed by atoms with Crippen LogP contribution < -0.4 is 5.73 Å². The van der Waals surface area contributed by atoms with E-state index in [2.05, 4.69) is 0 Å². The Morgan fingerprint density at radius 2 is 2.12 bits per heavy atom. The van der Waals surface area contributed by atoms with E-state index in [9.17, 15) is 14.7 Å². The molecule has 2 amide bonds. The number of nitrogens with two attached hydrogens (primary N) is 1. The topological polar surface area (TPSA) is 88.6 Å². The maximum absolute atomic E-state index is 12.4. The third kappa shape index (κ3) is 3.25. The number of carbonyl (C=O) groups excluding carboxylic acids is 2. The van der Waals surface area contributed by atoms with Crippen LogP contribution >= 0.6 is 11.6 Å². The molecule has 0 spiro atoms. The third-order valence-electron chi connectivity index (χ3n) is 4.58. The lowest BCUT2D eigenvalue weighted by molar-refractivity contribution is -0.149. The molecule has 2 heterocycles. The van der Waals surface area contributed by atoms with Gasteiger partial charge in [-0.1, -0.05) is 11.6 Å². The molecule has 1 aromatic heterocycles. The van der Waals surface area contributed by atoms with E-state index in [1.165, 1.54) is 4.90 Å². The minimum Gasteiger partial charge on any atom is -0.378 e. The molecule has 1 aliphatic rings. The first kappa shape index (κ1) is 16.8. The zero-order chi connectivity index (χ0) is 17.3. The largest absolute Gasteiger partial charge is 0.378 e. The maximum atomic E-state index is 12.4. The van der Waals surface area contributed by atoms with Gasteiger partial charge >= 0.3 is 0 Å². The van der Waals surface area contributed by atoms with E-state index in [1.54, 1.807) is 0 Å². The van der Waals surface area contributed by atoms with Gasteiger partial charge in [-0.2, -0.15) is 0 Å². The van der Waals surface area contributed by atoms with Crippen LogP contribution in [-0.4, -0.2) is 45.1 Å². The van der Waals surface area contributed by atoms with E-state index in [1.807, 2.05) is 35.0 Å². The van der Waals surface area contributed by atoms with Crippen molar-refractivity contribution in [3.8, 4) is 0 Å². The molecule has 0 saturated carbocycles. The van der Waals surface area contributed by atoms with Gasteiger partial charge in [0.1, 0.15) is 0 Å². The van der Waals surface area contributed by atoms with E-state index >= 15 is 0 Å². The Labute approximate surface area is 144 Å². The highest BCUT2D eigenvalue weighted by Gasteiger charge is 2.39. The molecule has 1 aliphatic heterocycles. The van der Waals surface area contributed by atoms with Crippen molar-refractivity contribution in [3.63, 3.8) is 0 Å². The predicted octanol–water partition coefficient (Wildman–Crippen LogP) is 1.52. The standard InChI is InChI=1S/C17H20ClN3O3/c18-13-2-3-14-12(10-13)4-8-20(14)9-5-15(22)21-7-1-6-17(24,11-21)16(19)23/h2-4,8,10,24H,1,5-7,9,11H2,(H2,19,23)/t17-/m0/s1. The number of primary amides is 1. The van der Waals surface area contributed by atoms with Crippen LogP contribution in [0.5, 0.6) is 0 Å². The molecule has 0 unspecified atom stereocenters. The summed E-state index contributed by atoms with van der Waals surface area (Å²) in [5, 5.41) is 11.9. The van der Waals surface area contributed by atoms with Gasteiger partial charge in [0, 0.05) is 41.6 Å². The minimum atomic E-state index is -1.61. The molecule has 0 bridgehead atoms. The van der Waals surface area contributed by atoms with E-state index in [0.29, 0.717) is 37.4 Å². The Kier molecular flexibility index (Phi) is 4.51. The van der Waals surface area contributed by atoms with Crippen molar-refractivity contribution < 1.29 is 14.7 Å². The fourth-order valence-electron chi connectivity index (χ4n) is 3.19. The number of aryl methyl sites for hydroxylation is 1. The Bertz CT molecular complexity index is 788. The van der Waals surface area contributed by atoms with Gasteiger partial charge in [-0.15, -0.1) is 0 Å². The van der Waals surface area contributed by atoms with Crippen molar-refractivity contribution >= 4 is 34.3 Å². The fourth-order valence-corrected chi connectivity index (χ4v) is 3.37. The summed E-state index contributed by atoms with van der Waals surface area (Å²) >= 11 is 5.98. The van der Waals surface area contributed by atoms with Crippen molar-refractivity contribution in [3.05, 3.63) is 35.5 Å². The molecule has 6 nitrogen and oxygen atoms in total. The molecule has 1 saturated heterocycles. The van der Waals surface area contributed by atoms with Crippen LogP contribution in [0.3, 0.4) is 0 Å². The summed E-state index contributed by atoms with van der Waals surface area (Å²) < 4.78 is 1.99. The molecular formula is C17H20ClN3O3. The summed E-state index contributed by atoms with van der Waals surface area (Å²) in [6.07, 6.45) is 3.08. The quantitative estimate of drug-likeness (QED) is 0.877. The van der Waals surface area contributed by atoms with Crippen LogP contribution in [0.4, 0.5) is 0 Å². The lowest BCUT2D eigenvalue weighted by Crippen LogP contribution is -2.57. The zero-order valence-electron chi connectivity index (χ0n) is 13.2. The Morgan fingerprint density at radius 3 is 2.88 bits per heavy atom. The number of hydrogen-bond donors (Lipinski definition) is 2. The molecule has 0 radical (unpaired) electrons. The van der Waals surface area contributed by atoms with Gasteiger partial charge < -0.3 is 20.3 Å². The molecular weight excluding hydrogens is 330 g/mol. The summed E-state index contributed by atoms with van der Waals surface area (Å²) in [6, 6.07) is 7.58. The number of hydrogen-bond acceptors (Lipinski definition) is 3. The Hall–Kier alpha value is -2.05. The average Bonchev–Trinajstić information content (AvgIpc) is 2.94. The van der Waals surface area contributed by atoms with E-state index in [-0.39, 0.29) is 12.5 Å². The fraction of sp³-hybridized carbons (Fsp3) is 0.412. The second kappa shape index (κ2) is 6.45. The van der Waals surface area contributed by atoms with Crippen LogP contribution in [-0.2, 0) is 16.1 Å². The van der Waals surface area contributed by atoms with Crippen LogP contribution in [0.25, 0.3) is 10.9 Å². The number of β-amino-alcohol motifs (C(OH)–C–C–N with tert-alkyl or cyclic N) is 1. The van der Waals surface area contributed by atoms with Gasteiger partial charge in [0.15, 0.2) is 5.60 Å². The van der Waals surface area contributed by atoms with Crippen molar-refractivity contribution in [2.24, 2.45) is 5.73 Å². The van der Waals surface area contributed by atoms with Gasteiger partial charge in [0.05, 0.1) is 6.54 Å². The number of halogens is 1. The SMILES string of the molecule is NC(=O)[C@]1(O)CCCN(C(=O)CCn2ccc3cc(Cl)ccc32)C1. The first-order chi connectivity index (χ1) is 11.4. The van der Waals surface area contributed by atoms with Gasteiger partial charge in [0.25, 0.3) is 5.91 Å². The van der Waals surface area contributed by atoms with Gasteiger partial charge in [-0.25, -0.2) is 0 Å². The van der Waals surface area contributed by atoms with E-state index < -0.39 is 11.5 Å². The number of carbonyl (C=O) groups is 2. The van der Waals surface area contributed by atoms with Crippen LogP contribution in [0, 0.1) is 0 Å². The molecule has 7 heteroatoms. The van der Waals surface area contributed by atoms with Crippen molar-refractivity contribution in [1.29, 1.82) is 0 Å². The molecule has 1 aromatic carbocycles. The molecule has 0 aliphatic carbocycles. The number of fused-ring (bicyclic) bond motifs is 1. The maximum Gasteiger partial charge on any atom is 0.251 e. The first-order valence-electron chi connectivity index (χ1n) is 7.93. The smallest absolute Gasteiger partial charge is 0.251 e. The number of benzene rings is 1. The summed E-state index contributed by atoms with van der Waals surface area (Å²) in [5.74, 6) is -0.863. The third-order valence-corrected chi connectivity index (χ3v) is 4.82. The molecule has 1 atom stereocenters. The number of amides is 2. The second-order valence-corrected chi connectivity index (χ2v) is 6.71. The monoisotopic (exact) mass is 349 g/mol. The highest BCUT2D eigenvalue weighted by atomic mass is 35.5. The van der Waals surface area contributed by atoms with Crippen molar-refractivity contribution in [2.75, 3.05) is 13.1 Å². The number of likely N-dealkylation sites (tertiary alicyclic amines) is 1. The number of piperidine rings is 1. The Morgan fingerprint density at radius 1 is 1.33 bits per heavy atom. The van der Waals surface area contributed by atoms with Crippen molar-refractivity contribution in [1.82, 2.24) is 9.47 Å². The van der Waals surface area contributed by atoms with Gasteiger partial charge in [-0.05, 0) is 37.1 Å². The van der Waals surface area contributed by atoms with Crippen molar-refractivity contribution in [2.45, 2.75) is 31.4 Å². The van der Waals surface area contributed by atoms with Gasteiger partial charge in [-0.3, -0.25) is 9.59 Å². The normalized spacial score (nSPS) is 21.2. The molecule has 3 N–H and O–H groups in total. The van der Waals surface area contributed by atoms with E-state index in [4.69, 9.17) is 17.3 Å². The van der Waals surface area contributed by atoms with Crippen LogP contribution in [0.1, 0.15) is 19.3 Å². The second-order valence-electron chi connectivity index (χ2n) is 6.28. The molecule has 24 heavy (non-hydrogen) atoms. The van der Waals surface area contributed by atoms with Crippen LogP contribution in [0.2, 0.25) is 5.02 Å². The van der Waals surface area contributed by atoms with Crippen LogP contribution in [0.15, 0.2) is 30.5 Å². The van der Waals surface area contributed by atoms with E-state index in [0.717, 1.165) is 10.9 Å². The lowest BCUT2D eigenvalue weighted by atomic mass is 9.92. The average molecular weight is 350 g/mol.